The van der Waals surface area contributed by atoms with Crippen molar-refractivity contribution in [1.82, 2.24) is 0 Å². The number of halogens is 1. The highest BCUT2D eigenvalue weighted by molar-refractivity contribution is 6.04. The van der Waals surface area contributed by atoms with Gasteiger partial charge >= 0.3 is 0 Å². The summed E-state index contributed by atoms with van der Waals surface area (Å²) in [5.74, 6) is 0.162. The van der Waals surface area contributed by atoms with Crippen LogP contribution in [0, 0.1) is 5.82 Å². The average molecular weight is 285 g/mol. The van der Waals surface area contributed by atoms with Gasteiger partial charge in [0.1, 0.15) is 11.6 Å². The second-order valence-electron chi connectivity index (χ2n) is 4.28. The summed E-state index contributed by atoms with van der Waals surface area (Å²) in [6.07, 6.45) is 2.94. The van der Waals surface area contributed by atoms with E-state index in [9.17, 15) is 9.18 Å². The molecule has 21 heavy (non-hydrogen) atoms. The van der Waals surface area contributed by atoms with E-state index in [1.165, 1.54) is 30.3 Å². The zero-order chi connectivity index (χ0) is 15.1. The van der Waals surface area contributed by atoms with Crippen LogP contribution in [0.25, 0.3) is 0 Å². The third-order valence-electron chi connectivity index (χ3n) is 2.79. The number of rotatable bonds is 6. The molecule has 0 atom stereocenters. The van der Waals surface area contributed by atoms with E-state index < -0.39 is 0 Å². The molecule has 108 valence electrons. The molecular formula is C17H16FNO2. The monoisotopic (exact) mass is 285 g/mol. The van der Waals surface area contributed by atoms with Gasteiger partial charge in [0.25, 0.3) is 0 Å². The molecule has 0 spiro atoms. The lowest BCUT2D eigenvalue weighted by Gasteiger charge is -2.09. The summed E-state index contributed by atoms with van der Waals surface area (Å²) >= 11 is 0. The first-order chi connectivity index (χ1) is 10.2. The van der Waals surface area contributed by atoms with Crippen molar-refractivity contribution in [3.05, 3.63) is 72.2 Å². The van der Waals surface area contributed by atoms with Crippen molar-refractivity contribution in [2.75, 3.05) is 11.9 Å². The number of ketones is 1. The lowest BCUT2D eigenvalue weighted by molar-refractivity contribution is 0.104. The van der Waals surface area contributed by atoms with Crippen LogP contribution < -0.4 is 10.1 Å². The molecule has 0 aliphatic carbocycles. The first kappa shape index (κ1) is 14.8. The Morgan fingerprint density at radius 1 is 1.19 bits per heavy atom. The van der Waals surface area contributed by atoms with Gasteiger partial charge in [0.15, 0.2) is 5.78 Å². The summed E-state index contributed by atoms with van der Waals surface area (Å²) in [6, 6.07) is 12.9. The van der Waals surface area contributed by atoms with E-state index in [0.29, 0.717) is 12.2 Å². The fourth-order valence-electron chi connectivity index (χ4n) is 1.78. The van der Waals surface area contributed by atoms with Gasteiger partial charge in [0, 0.05) is 17.8 Å². The lowest BCUT2D eigenvalue weighted by atomic mass is 10.1. The van der Waals surface area contributed by atoms with Crippen molar-refractivity contribution in [3.8, 4) is 5.75 Å². The molecule has 3 nitrogen and oxygen atoms in total. The van der Waals surface area contributed by atoms with Gasteiger partial charge in [-0.1, -0.05) is 12.1 Å². The standard InChI is InChI=1S/C17H16FNO2/c1-2-21-17-6-4-3-5-15(17)19-12-11-16(20)13-7-9-14(18)10-8-13/h3-12,19H,2H2,1H3. The molecule has 2 aromatic rings. The molecule has 0 unspecified atom stereocenters. The molecule has 0 amide bonds. The molecule has 0 aliphatic rings. The predicted octanol–water partition coefficient (Wildman–Crippen LogP) is 4.03. The highest BCUT2D eigenvalue weighted by atomic mass is 19.1. The Morgan fingerprint density at radius 3 is 2.62 bits per heavy atom. The normalized spacial score (nSPS) is 10.6. The van der Waals surface area contributed by atoms with Crippen LogP contribution in [0.4, 0.5) is 10.1 Å². The third kappa shape index (κ3) is 4.18. The number of hydrogen-bond acceptors (Lipinski definition) is 3. The number of nitrogens with one attached hydrogen (secondary N) is 1. The van der Waals surface area contributed by atoms with Crippen molar-refractivity contribution < 1.29 is 13.9 Å². The minimum Gasteiger partial charge on any atom is -0.492 e. The van der Waals surface area contributed by atoms with Crippen LogP contribution in [0.15, 0.2) is 60.8 Å². The largest absolute Gasteiger partial charge is 0.492 e. The number of benzene rings is 2. The molecule has 0 aromatic heterocycles. The molecule has 0 heterocycles. The lowest BCUT2D eigenvalue weighted by Crippen LogP contribution is -1.99. The summed E-state index contributed by atoms with van der Waals surface area (Å²) in [5.41, 5.74) is 1.22. The molecule has 0 fully saturated rings. The Morgan fingerprint density at radius 2 is 1.90 bits per heavy atom. The van der Waals surface area contributed by atoms with Crippen LogP contribution in [0.2, 0.25) is 0 Å². The van der Waals surface area contributed by atoms with Crippen molar-refractivity contribution in [1.29, 1.82) is 0 Å². The highest BCUT2D eigenvalue weighted by Crippen LogP contribution is 2.23. The van der Waals surface area contributed by atoms with Gasteiger partial charge in [0.2, 0.25) is 0 Å². The van der Waals surface area contributed by atoms with E-state index in [2.05, 4.69) is 5.32 Å². The minimum absolute atomic E-state index is 0.198. The topological polar surface area (TPSA) is 38.3 Å². The smallest absolute Gasteiger partial charge is 0.187 e. The molecule has 0 bridgehead atoms. The first-order valence-corrected chi connectivity index (χ1v) is 6.65. The molecule has 0 saturated heterocycles. The Kier molecular flexibility index (Phi) is 5.10. The zero-order valence-corrected chi connectivity index (χ0v) is 11.7. The summed E-state index contributed by atoms with van der Waals surface area (Å²) in [5, 5.41) is 3.01. The fourth-order valence-corrected chi connectivity index (χ4v) is 1.78. The van der Waals surface area contributed by atoms with Crippen LogP contribution >= 0.6 is 0 Å². The molecule has 2 aromatic carbocycles. The molecule has 0 saturated carbocycles. The number of anilines is 1. The van der Waals surface area contributed by atoms with Gasteiger partial charge in [-0.15, -0.1) is 0 Å². The van der Waals surface area contributed by atoms with E-state index in [4.69, 9.17) is 4.74 Å². The number of carbonyl (C=O) groups is 1. The predicted molar refractivity (Wildman–Crippen MR) is 81.1 cm³/mol. The number of ether oxygens (including phenoxy) is 1. The Balaban J connectivity index is 2.02. The van der Waals surface area contributed by atoms with Crippen LogP contribution in [0.1, 0.15) is 17.3 Å². The third-order valence-corrected chi connectivity index (χ3v) is 2.79. The molecule has 4 heteroatoms. The van der Waals surface area contributed by atoms with Crippen molar-refractivity contribution in [2.45, 2.75) is 6.92 Å². The second-order valence-corrected chi connectivity index (χ2v) is 4.28. The SMILES string of the molecule is CCOc1ccccc1NC=CC(=O)c1ccc(F)cc1. The van der Waals surface area contributed by atoms with E-state index >= 15 is 0 Å². The van der Waals surface area contributed by atoms with Gasteiger partial charge in [0.05, 0.1) is 12.3 Å². The summed E-state index contributed by atoms with van der Waals surface area (Å²) in [7, 11) is 0. The summed E-state index contributed by atoms with van der Waals surface area (Å²) in [4.78, 5) is 11.9. The zero-order valence-electron chi connectivity index (χ0n) is 11.7. The Bertz CT molecular complexity index is 635. The molecule has 0 aliphatic heterocycles. The molecular weight excluding hydrogens is 269 g/mol. The van der Waals surface area contributed by atoms with Gasteiger partial charge in [-0.25, -0.2) is 4.39 Å². The number of para-hydroxylation sites is 2. The number of allylic oxidation sites excluding steroid dienone is 1. The van der Waals surface area contributed by atoms with Crippen molar-refractivity contribution >= 4 is 11.5 Å². The van der Waals surface area contributed by atoms with E-state index in [0.717, 1.165) is 11.4 Å². The van der Waals surface area contributed by atoms with E-state index in [-0.39, 0.29) is 11.6 Å². The minimum atomic E-state index is -0.362. The molecule has 0 radical (unpaired) electrons. The van der Waals surface area contributed by atoms with E-state index in [1.807, 2.05) is 31.2 Å². The maximum atomic E-state index is 12.8. The Hall–Kier alpha value is -2.62. The number of carbonyl (C=O) groups excluding carboxylic acids is 1. The van der Waals surface area contributed by atoms with Crippen LogP contribution in [-0.4, -0.2) is 12.4 Å². The maximum absolute atomic E-state index is 12.8. The fraction of sp³-hybridized carbons (Fsp3) is 0.118. The number of hydrogen-bond donors (Lipinski definition) is 1. The van der Waals surface area contributed by atoms with Crippen molar-refractivity contribution in [2.24, 2.45) is 0 Å². The van der Waals surface area contributed by atoms with Crippen molar-refractivity contribution in [3.63, 3.8) is 0 Å². The van der Waals surface area contributed by atoms with Gasteiger partial charge < -0.3 is 10.1 Å². The summed E-state index contributed by atoms with van der Waals surface area (Å²) in [6.45, 7) is 2.47. The van der Waals surface area contributed by atoms with Gasteiger partial charge in [-0.05, 0) is 43.3 Å². The summed E-state index contributed by atoms with van der Waals surface area (Å²) < 4.78 is 18.3. The van der Waals surface area contributed by atoms with E-state index in [1.54, 1.807) is 6.20 Å². The quantitative estimate of drug-likeness (QED) is 0.643. The molecule has 1 N–H and O–H groups in total. The second kappa shape index (κ2) is 7.24. The van der Waals surface area contributed by atoms with Crippen LogP contribution in [0.5, 0.6) is 5.75 Å². The Labute approximate surface area is 123 Å². The van der Waals surface area contributed by atoms with Crippen LogP contribution in [0.3, 0.4) is 0 Å². The maximum Gasteiger partial charge on any atom is 0.187 e. The van der Waals surface area contributed by atoms with Gasteiger partial charge in [-0.2, -0.15) is 0 Å². The van der Waals surface area contributed by atoms with Crippen LogP contribution in [-0.2, 0) is 0 Å². The average Bonchev–Trinajstić information content (AvgIpc) is 2.50. The first-order valence-electron chi connectivity index (χ1n) is 6.65. The highest BCUT2D eigenvalue weighted by Gasteiger charge is 2.02. The van der Waals surface area contributed by atoms with Gasteiger partial charge in [-0.3, -0.25) is 4.79 Å². The molecule has 2 rings (SSSR count).